The van der Waals surface area contributed by atoms with Gasteiger partial charge in [-0.2, -0.15) is 0 Å². The van der Waals surface area contributed by atoms with E-state index in [2.05, 4.69) is 0 Å². The van der Waals surface area contributed by atoms with Gasteiger partial charge in [-0.3, -0.25) is 0 Å². The van der Waals surface area contributed by atoms with Gasteiger partial charge in [0.05, 0.1) is 11.4 Å². The molecule has 0 aromatic heterocycles. The topological polar surface area (TPSA) is 72.2 Å². The molecular formula is C9H12F2N2O2S. The van der Waals surface area contributed by atoms with Gasteiger partial charge in [0, 0.05) is 5.69 Å². The minimum absolute atomic E-state index is 0.115. The molecular weight excluding hydrogens is 238 g/mol. The average molecular weight is 250 g/mol. The van der Waals surface area contributed by atoms with E-state index in [9.17, 15) is 17.2 Å². The number of nitrogens with one attached hydrogen (secondary N) is 1. The summed E-state index contributed by atoms with van der Waals surface area (Å²) in [6.07, 6.45) is -2.72. The molecule has 0 spiro atoms. The van der Waals surface area contributed by atoms with E-state index >= 15 is 0 Å². The molecule has 0 saturated carbocycles. The Labute approximate surface area is 92.5 Å². The smallest absolute Gasteiger partial charge is 0.251 e. The van der Waals surface area contributed by atoms with Crippen molar-refractivity contribution in [1.82, 2.24) is 4.72 Å². The average Bonchev–Trinajstić information content (AvgIpc) is 2.19. The van der Waals surface area contributed by atoms with Crippen molar-refractivity contribution in [2.75, 3.05) is 12.3 Å². The van der Waals surface area contributed by atoms with E-state index < -0.39 is 23.0 Å². The van der Waals surface area contributed by atoms with Crippen molar-refractivity contribution < 1.29 is 17.2 Å². The highest BCUT2D eigenvalue weighted by atomic mass is 32.2. The quantitative estimate of drug-likeness (QED) is 0.786. The summed E-state index contributed by atoms with van der Waals surface area (Å²) in [5, 5.41) is 0. The van der Waals surface area contributed by atoms with Crippen LogP contribution in [-0.4, -0.2) is 21.4 Å². The maximum absolute atomic E-state index is 11.9. The van der Waals surface area contributed by atoms with Crippen molar-refractivity contribution in [2.45, 2.75) is 18.2 Å². The van der Waals surface area contributed by atoms with Crippen LogP contribution in [0, 0.1) is 6.92 Å². The number of hydrogen-bond donors (Lipinski definition) is 2. The molecule has 0 amide bonds. The molecule has 1 aromatic carbocycles. The summed E-state index contributed by atoms with van der Waals surface area (Å²) in [5.74, 6) is 0. The molecule has 3 N–H and O–H groups in total. The molecule has 0 bridgehead atoms. The lowest BCUT2D eigenvalue weighted by molar-refractivity contribution is 0.153. The SMILES string of the molecule is Cc1ccc(S(=O)(=O)NCC(F)F)cc1N. The number of alkyl halides is 2. The molecule has 0 unspecified atom stereocenters. The fraction of sp³-hybridized carbons (Fsp3) is 0.333. The summed E-state index contributed by atoms with van der Waals surface area (Å²) in [5.41, 5.74) is 6.57. The number of aryl methyl sites for hydroxylation is 1. The number of hydrogen-bond acceptors (Lipinski definition) is 3. The lowest BCUT2D eigenvalue weighted by Gasteiger charge is -2.07. The third kappa shape index (κ3) is 3.14. The van der Waals surface area contributed by atoms with Crippen LogP contribution in [0.5, 0.6) is 0 Å². The Balaban J connectivity index is 2.94. The second-order valence-electron chi connectivity index (χ2n) is 3.26. The van der Waals surface area contributed by atoms with E-state index in [-0.39, 0.29) is 4.90 Å². The fourth-order valence-electron chi connectivity index (χ4n) is 1.04. The van der Waals surface area contributed by atoms with Gasteiger partial charge in [-0.15, -0.1) is 0 Å². The van der Waals surface area contributed by atoms with E-state index in [1.807, 2.05) is 0 Å². The molecule has 16 heavy (non-hydrogen) atoms. The summed E-state index contributed by atoms with van der Waals surface area (Å²) < 4.78 is 48.5. The molecule has 0 aliphatic carbocycles. The third-order valence-electron chi connectivity index (χ3n) is 1.99. The molecule has 7 heteroatoms. The molecule has 90 valence electrons. The molecule has 0 atom stereocenters. The summed E-state index contributed by atoms with van der Waals surface area (Å²) in [7, 11) is -3.90. The highest BCUT2D eigenvalue weighted by molar-refractivity contribution is 7.89. The van der Waals surface area contributed by atoms with Crippen LogP contribution in [0.15, 0.2) is 23.1 Å². The highest BCUT2D eigenvalue weighted by Gasteiger charge is 2.16. The number of anilines is 1. The zero-order valence-electron chi connectivity index (χ0n) is 8.57. The van der Waals surface area contributed by atoms with Gasteiger partial charge in [0.25, 0.3) is 6.43 Å². The van der Waals surface area contributed by atoms with Gasteiger partial charge in [0.1, 0.15) is 0 Å². The zero-order chi connectivity index (χ0) is 12.3. The minimum atomic E-state index is -3.90. The first-order valence-electron chi connectivity index (χ1n) is 4.47. The maximum Gasteiger partial charge on any atom is 0.251 e. The Bertz CT molecular complexity index is 474. The van der Waals surface area contributed by atoms with Crippen LogP contribution in [0.4, 0.5) is 14.5 Å². The lowest BCUT2D eigenvalue weighted by Crippen LogP contribution is -2.28. The second-order valence-corrected chi connectivity index (χ2v) is 5.03. The first-order chi connectivity index (χ1) is 7.33. The number of halogens is 2. The normalized spacial score (nSPS) is 12.0. The number of benzene rings is 1. The predicted molar refractivity (Wildman–Crippen MR) is 56.8 cm³/mol. The summed E-state index contributed by atoms with van der Waals surface area (Å²) in [4.78, 5) is -0.115. The van der Waals surface area contributed by atoms with Crippen molar-refractivity contribution >= 4 is 15.7 Å². The van der Waals surface area contributed by atoms with Crippen LogP contribution in [-0.2, 0) is 10.0 Å². The Morgan fingerprint density at radius 1 is 1.44 bits per heavy atom. The van der Waals surface area contributed by atoms with Crippen LogP contribution >= 0.6 is 0 Å². The first-order valence-corrected chi connectivity index (χ1v) is 5.95. The molecule has 1 aromatic rings. The van der Waals surface area contributed by atoms with Gasteiger partial charge in [-0.05, 0) is 24.6 Å². The molecule has 0 saturated heterocycles. The molecule has 0 heterocycles. The Kier molecular flexibility index (Phi) is 3.82. The van der Waals surface area contributed by atoms with Gasteiger partial charge in [-0.25, -0.2) is 21.9 Å². The van der Waals surface area contributed by atoms with E-state index in [1.165, 1.54) is 18.2 Å². The number of nitrogens with two attached hydrogens (primary N) is 1. The molecule has 0 fully saturated rings. The highest BCUT2D eigenvalue weighted by Crippen LogP contribution is 2.16. The number of nitrogen functional groups attached to an aromatic ring is 1. The number of rotatable bonds is 4. The standard InChI is InChI=1S/C9H12F2N2O2S/c1-6-2-3-7(4-8(6)12)16(14,15)13-5-9(10)11/h2-4,9,13H,5,12H2,1H3. The van der Waals surface area contributed by atoms with Gasteiger partial charge in [0.15, 0.2) is 0 Å². The van der Waals surface area contributed by atoms with E-state index in [1.54, 1.807) is 11.6 Å². The van der Waals surface area contributed by atoms with Crippen molar-refractivity contribution in [3.05, 3.63) is 23.8 Å². The summed E-state index contributed by atoms with van der Waals surface area (Å²) in [6, 6.07) is 4.08. The summed E-state index contributed by atoms with van der Waals surface area (Å²) >= 11 is 0. The van der Waals surface area contributed by atoms with Crippen LogP contribution in [0.25, 0.3) is 0 Å². The summed E-state index contributed by atoms with van der Waals surface area (Å²) in [6.45, 7) is 0.814. The van der Waals surface area contributed by atoms with Crippen molar-refractivity contribution in [3.8, 4) is 0 Å². The Morgan fingerprint density at radius 2 is 2.06 bits per heavy atom. The molecule has 0 aliphatic rings. The zero-order valence-corrected chi connectivity index (χ0v) is 9.39. The largest absolute Gasteiger partial charge is 0.398 e. The van der Waals surface area contributed by atoms with Crippen LogP contribution in [0.1, 0.15) is 5.56 Å². The fourth-order valence-corrected chi connectivity index (χ4v) is 2.08. The minimum Gasteiger partial charge on any atom is -0.398 e. The van der Waals surface area contributed by atoms with Gasteiger partial charge < -0.3 is 5.73 Å². The predicted octanol–water partition coefficient (Wildman–Crippen LogP) is 1.12. The first kappa shape index (κ1) is 12.9. The van der Waals surface area contributed by atoms with E-state index in [0.29, 0.717) is 5.69 Å². The monoisotopic (exact) mass is 250 g/mol. The van der Waals surface area contributed by atoms with Crippen molar-refractivity contribution in [3.63, 3.8) is 0 Å². The van der Waals surface area contributed by atoms with Gasteiger partial charge in [-0.1, -0.05) is 6.07 Å². The lowest BCUT2D eigenvalue weighted by atomic mass is 10.2. The third-order valence-corrected chi connectivity index (χ3v) is 3.41. The van der Waals surface area contributed by atoms with Gasteiger partial charge in [0.2, 0.25) is 10.0 Å². The van der Waals surface area contributed by atoms with Crippen LogP contribution < -0.4 is 10.5 Å². The van der Waals surface area contributed by atoms with E-state index in [4.69, 9.17) is 5.73 Å². The van der Waals surface area contributed by atoms with Crippen molar-refractivity contribution in [1.29, 1.82) is 0 Å². The second kappa shape index (κ2) is 4.75. The molecule has 4 nitrogen and oxygen atoms in total. The Morgan fingerprint density at radius 3 is 2.56 bits per heavy atom. The van der Waals surface area contributed by atoms with Crippen LogP contribution in [0.3, 0.4) is 0 Å². The van der Waals surface area contributed by atoms with E-state index in [0.717, 1.165) is 5.56 Å². The maximum atomic E-state index is 11.9. The van der Waals surface area contributed by atoms with Gasteiger partial charge >= 0.3 is 0 Å². The molecule has 0 aliphatic heterocycles. The van der Waals surface area contributed by atoms with Crippen LogP contribution in [0.2, 0.25) is 0 Å². The number of sulfonamides is 1. The Hall–Kier alpha value is -1.21. The van der Waals surface area contributed by atoms with Crippen molar-refractivity contribution in [2.24, 2.45) is 0 Å². The molecule has 0 radical (unpaired) electrons. The molecule has 1 rings (SSSR count).